The number of aromatic hydroxyl groups is 2. The minimum atomic E-state index is -0.631. The number of phenols is 2. The molecule has 1 heterocycles. The van der Waals surface area contributed by atoms with Crippen molar-refractivity contribution in [2.45, 2.75) is 0 Å². The first-order valence-corrected chi connectivity index (χ1v) is 4.41. The van der Waals surface area contributed by atoms with Crippen molar-refractivity contribution in [2.24, 2.45) is 0 Å². The van der Waals surface area contributed by atoms with E-state index in [1.165, 1.54) is 18.2 Å². The van der Waals surface area contributed by atoms with Crippen LogP contribution < -0.4 is 5.76 Å². The average molecular weight is 220 g/mol. The summed E-state index contributed by atoms with van der Waals surface area (Å²) in [5.74, 6) is -0.903. The standard InChI is InChI=1S/C10H8N2O4/c13-7-3-1-6(5-8(7)14)2-4-9-11-12-10(15)16-9/h1-5,13-14H,(H,12,15)/b4-2+. The second kappa shape index (κ2) is 3.93. The number of hydrogen-bond donors (Lipinski definition) is 3. The van der Waals surface area contributed by atoms with Crippen molar-refractivity contribution >= 4 is 12.2 Å². The van der Waals surface area contributed by atoms with E-state index in [1.54, 1.807) is 12.1 Å². The molecule has 2 rings (SSSR count). The van der Waals surface area contributed by atoms with Crippen LogP contribution in [0.25, 0.3) is 12.2 Å². The van der Waals surface area contributed by atoms with Crippen LogP contribution in [0.15, 0.2) is 27.4 Å². The van der Waals surface area contributed by atoms with E-state index < -0.39 is 5.76 Å². The van der Waals surface area contributed by atoms with Gasteiger partial charge in [-0.1, -0.05) is 6.07 Å². The molecule has 2 aromatic rings. The molecule has 0 bridgehead atoms. The SMILES string of the molecule is O=c1[nH]nc(/C=C/c2ccc(O)c(O)c2)o1. The number of phenolic OH excluding ortho intramolecular Hbond substituents is 2. The van der Waals surface area contributed by atoms with E-state index in [0.717, 1.165) is 0 Å². The third kappa shape index (κ3) is 2.11. The van der Waals surface area contributed by atoms with Crippen LogP contribution in [0.1, 0.15) is 11.5 Å². The van der Waals surface area contributed by atoms with Crippen LogP contribution in [0.5, 0.6) is 11.5 Å². The molecular formula is C10H8N2O4. The lowest BCUT2D eigenvalue weighted by molar-refractivity contribution is 0.403. The quantitative estimate of drug-likeness (QED) is 0.654. The number of nitrogens with zero attached hydrogens (tertiary/aromatic N) is 1. The molecule has 3 N–H and O–H groups in total. The zero-order chi connectivity index (χ0) is 11.5. The van der Waals surface area contributed by atoms with Gasteiger partial charge in [0.2, 0.25) is 5.89 Å². The molecule has 0 aliphatic carbocycles. The molecule has 0 aliphatic rings. The number of nitrogens with one attached hydrogen (secondary N) is 1. The molecule has 6 nitrogen and oxygen atoms in total. The lowest BCUT2D eigenvalue weighted by Gasteiger charge is -1.97. The molecule has 0 saturated heterocycles. The molecule has 0 spiro atoms. The Labute approximate surface area is 89.5 Å². The highest BCUT2D eigenvalue weighted by molar-refractivity contribution is 5.67. The Kier molecular flexibility index (Phi) is 2.47. The highest BCUT2D eigenvalue weighted by Crippen LogP contribution is 2.25. The van der Waals surface area contributed by atoms with Crippen LogP contribution in [-0.2, 0) is 0 Å². The Bertz CT molecular complexity index is 583. The zero-order valence-corrected chi connectivity index (χ0v) is 8.04. The van der Waals surface area contributed by atoms with Crippen molar-refractivity contribution in [2.75, 3.05) is 0 Å². The molecule has 6 heteroatoms. The van der Waals surface area contributed by atoms with Gasteiger partial charge in [-0.3, -0.25) is 0 Å². The van der Waals surface area contributed by atoms with Gasteiger partial charge in [0.1, 0.15) is 0 Å². The maximum Gasteiger partial charge on any atom is 0.434 e. The Morgan fingerprint density at radius 3 is 2.69 bits per heavy atom. The lowest BCUT2D eigenvalue weighted by Crippen LogP contribution is -1.93. The summed E-state index contributed by atoms with van der Waals surface area (Å²) in [5.41, 5.74) is 0.640. The number of aromatic nitrogens is 2. The highest BCUT2D eigenvalue weighted by Gasteiger charge is 1.99. The van der Waals surface area contributed by atoms with E-state index in [4.69, 9.17) is 5.11 Å². The second-order valence-electron chi connectivity index (χ2n) is 3.03. The van der Waals surface area contributed by atoms with Crippen LogP contribution in [0.4, 0.5) is 0 Å². The molecule has 0 saturated carbocycles. The van der Waals surface area contributed by atoms with Crippen LogP contribution in [-0.4, -0.2) is 20.4 Å². The Morgan fingerprint density at radius 1 is 1.25 bits per heavy atom. The van der Waals surface area contributed by atoms with E-state index in [-0.39, 0.29) is 17.4 Å². The van der Waals surface area contributed by atoms with E-state index in [1.807, 2.05) is 0 Å². The summed E-state index contributed by atoms with van der Waals surface area (Å²) in [6.45, 7) is 0. The third-order valence-corrected chi connectivity index (χ3v) is 1.87. The number of rotatable bonds is 2. The van der Waals surface area contributed by atoms with Crippen molar-refractivity contribution in [3.63, 3.8) is 0 Å². The predicted molar refractivity (Wildman–Crippen MR) is 55.8 cm³/mol. The van der Waals surface area contributed by atoms with Crippen LogP contribution in [0.3, 0.4) is 0 Å². The van der Waals surface area contributed by atoms with Crippen molar-refractivity contribution in [3.8, 4) is 11.5 Å². The van der Waals surface area contributed by atoms with Gasteiger partial charge in [0.05, 0.1) is 0 Å². The first-order valence-electron chi connectivity index (χ1n) is 4.41. The van der Waals surface area contributed by atoms with E-state index in [9.17, 15) is 9.90 Å². The molecule has 0 unspecified atom stereocenters. The van der Waals surface area contributed by atoms with Gasteiger partial charge in [-0.2, -0.15) is 0 Å². The number of hydrogen-bond acceptors (Lipinski definition) is 5. The third-order valence-electron chi connectivity index (χ3n) is 1.87. The zero-order valence-electron chi connectivity index (χ0n) is 8.04. The molecule has 0 atom stereocenters. The normalized spacial score (nSPS) is 11.0. The van der Waals surface area contributed by atoms with E-state index in [0.29, 0.717) is 5.56 Å². The summed E-state index contributed by atoms with van der Waals surface area (Å²) in [4.78, 5) is 10.6. The predicted octanol–water partition coefficient (Wildman–Crippen LogP) is 0.944. The van der Waals surface area contributed by atoms with Crippen molar-refractivity contribution in [1.82, 2.24) is 10.2 Å². The van der Waals surface area contributed by atoms with Crippen LogP contribution in [0.2, 0.25) is 0 Å². The molecule has 0 radical (unpaired) electrons. The fourth-order valence-corrected chi connectivity index (χ4v) is 1.12. The second-order valence-corrected chi connectivity index (χ2v) is 3.03. The molecule has 1 aromatic carbocycles. The smallest absolute Gasteiger partial charge is 0.434 e. The van der Waals surface area contributed by atoms with Gasteiger partial charge in [-0.25, -0.2) is 9.89 Å². The Balaban J connectivity index is 2.23. The number of aromatic amines is 1. The molecule has 0 fully saturated rings. The maximum absolute atomic E-state index is 10.6. The Hall–Kier alpha value is -2.50. The van der Waals surface area contributed by atoms with Crippen molar-refractivity contribution in [1.29, 1.82) is 0 Å². The molecule has 0 aliphatic heterocycles. The minimum Gasteiger partial charge on any atom is -0.504 e. The maximum atomic E-state index is 10.6. The molecule has 0 amide bonds. The van der Waals surface area contributed by atoms with Gasteiger partial charge >= 0.3 is 5.76 Å². The summed E-state index contributed by atoms with van der Waals surface area (Å²) >= 11 is 0. The topological polar surface area (TPSA) is 99.4 Å². The number of benzene rings is 1. The van der Waals surface area contributed by atoms with Gasteiger partial charge in [0, 0.05) is 6.08 Å². The van der Waals surface area contributed by atoms with E-state index >= 15 is 0 Å². The van der Waals surface area contributed by atoms with Gasteiger partial charge in [-0.15, -0.1) is 5.10 Å². The van der Waals surface area contributed by atoms with E-state index in [2.05, 4.69) is 14.6 Å². The summed E-state index contributed by atoms with van der Waals surface area (Å²) < 4.78 is 4.64. The summed E-state index contributed by atoms with van der Waals surface area (Å²) in [5, 5.41) is 24.0. The molecular weight excluding hydrogens is 212 g/mol. The van der Waals surface area contributed by atoms with Gasteiger partial charge in [-0.05, 0) is 23.8 Å². The monoisotopic (exact) mass is 220 g/mol. The van der Waals surface area contributed by atoms with Crippen LogP contribution >= 0.6 is 0 Å². The first-order chi connectivity index (χ1) is 7.65. The van der Waals surface area contributed by atoms with Crippen LogP contribution in [0, 0.1) is 0 Å². The van der Waals surface area contributed by atoms with Crippen molar-refractivity contribution < 1.29 is 14.6 Å². The summed E-state index contributed by atoms with van der Waals surface area (Å²) in [7, 11) is 0. The largest absolute Gasteiger partial charge is 0.504 e. The van der Waals surface area contributed by atoms with Crippen molar-refractivity contribution in [3.05, 3.63) is 40.2 Å². The Morgan fingerprint density at radius 2 is 2.06 bits per heavy atom. The van der Waals surface area contributed by atoms with Gasteiger partial charge < -0.3 is 14.6 Å². The molecule has 16 heavy (non-hydrogen) atoms. The fourth-order valence-electron chi connectivity index (χ4n) is 1.12. The molecule has 1 aromatic heterocycles. The lowest BCUT2D eigenvalue weighted by atomic mass is 10.2. The van der Waals surface area contributed by atoms with Gasteiger partial charge in [0.15, 0.2) is 11.5 Å². The molecule has 82 valence electrons. The first kappa shape index (κ1) is 10.0. The number of H-pyrrole nitrogens is 1. The summed E-state index contributed by atoms with van der Waals surface area (Å²) in [6.07, 6.45) is 3.04. The van der Waals surface area contributed by atoms with Gasteiger partial charge in [0.25, 0.3) is 0 Å². The fraction of sp³-hybridized carbons (Fsp3) is 0. The minimum absolute atomic E-state index is 0.137. The highest BCUT2D eigenvalue weighted by atomic mass is 16.4. The average Bonchev–Trinajstić information content (AvgIpc) is 2.66. The summed E-state index contributed by atoms with van der Waals surface area (Å²) in [6, 6.07) is 4.32.